The van der Waals surface area contributed by atoms with Gasteiger partial charge in [0.05, 0.1) is 24.4 Å². The van der Waals surface area contributed by atoms with Gasteiger partial charge in [0.25, 0.3) is 0 Å². The summed E-state index contributed by atoms with van der Waals surface area (Å²) >= 11 is 1.37. The highest BCUT2D eigenvalue weighted by atomic mass is 32.2. The van der Waals surface area contributed by atoms with Crippen LogP contribution in [-0.4, -0.2) is 51.1 Å². The number of carbonyl (C=O) groups excluding carboxylic acids is 1. The number of benzene rings is 2. The molecule has 2 atom stereocenters. The minimum atomic E-state index is -0.297. The van der Waals surface area contributed by atoms with Crippen molar-refractivity contribution in [2.75, 3.05) is 19.4 Å². The summed E-state index contributed by atoms with van der Waals surface area (Å²) in [5.74, 6) is 0.623. The van der Waals surface area contributed by atoms with E-state index in [0.29, 0.717) is 17.5 Å². The number of thioether (sulfide) groups is 1. The first kappa shape index (κ1) is 22.5. The summed E-state index contributed by atoms with van der Waals surface area (Å²) in [4.78, 5) is 14.6. The van der Waals surface area contributed by atoms with Crippen LogP contribution in [0.1, 0.15) is 31.4 Å². The van der Waals surface area contributed by atoms with Gasteiger partial charge in [0.15, 0.2) is 11.0 Å². The second kappa shape index (κ2) is 10.3. The summed E-state index contributed by atoms with van der Waals surface area (Å²) in [6.45, 7) is 3.37. The Morgan fingerprint density at radius 1 is 1.22 bits per heavy atom. The van der Waals surface area contributed by atoms with Gasteiger partial charge >= 0.3 is 0 Å². The van der Waals surface area contributed by atoms with Crippen molar-refractivity contribution in [1.82, 2.24) is 19.7 Å². The van der Waals surface area contributed by atoms with Gasteiger partial charge in [-0.25, -0.2) is 4.39 Å². The number of rotatable bonds is 8. The van der Waals surface area contributed by atoms with E-state index < -0.39 is 0 Å². The lowest BCUT2D eigenvalue weighted by molar-refractivity contribution is -0.128. The zero-order valence-corrected chi connectivity index (χ0v) is 19.1. The molecule has 0 radical (unpaired) electrons. The van der Waals surface area contributed by atoms with Crippen molar-refractivity contribution < 1.29 is 13.9 Å². The van der Waals surface area contributed by atoms with Crippen molar-refractivity contribution in [1.29, 1.82) is 0 Å². The molecule has 6 nitrogen and oxygen atoms in total. The zero-order valence-electron chi connectivity index (χ0n) is 18.3. The number of ether oxygens (including phenoxy) is 1. The van der Waals surface area contributed by atoms with Crippen molar-refractivity contribution in [2.24, 2.45) is 0 Å². The zero-order chi connectivity index (χ0) is 22.5. The fourth-order valence-electron chi connectivity index (χ4n) is 3.76. The van der Waals surface area contributed by atoms with Crippen molar-refractivity contribution >= 4 is 17.7 Å². The largest absolute Gasteiger partial charge is 0.376 e. The van der Waals surface area contributed by atoms with Crippen LogP contribution in [0.3, 0.4) is 0 Å². The Morgan fingerprint density at radius 2 is 1.97 bits per heavy atom. The van der Waals surface area contributed by atoms with E-state index in [2.05, 4.69) is 10.2 Å². The van der Waals surface area contributed by atoms with Crippen molar-refractivity contribution in [2.45, 2.75) is 43.6 Å². The third-order valence-corrected chi connectivity index (χ3v) is 6.76. The van der Waals surface area contributed by atoms with E-state index in [1.54, 1.807) is 17.0 Å². The third-order valence-electron chi connectivity index (χ3n) is 5.81. The smallest absolute Gasteiger partial charge is 0.233 e. The predicted octanol–water partition coefficient (Wildman–Crippen LogP) is 4.57. The highest BCUT2D eigenvalue weighted by Gasteiger charge is 2.23. The average Bonchev–Trinajstić information content (AvgIpc) is 3.48. The van der Waals surface area contributed by atoms with Gasteiger partial charge in [0, 0.05) is 19.2 Å². The molecule has 1 aromatic heterocycles. The standard InChI is InChI=1S/C24H27FN4O2S/c1-17(18-7-4-3-5-8-18)28(2)22(30)16-32-24-27-26-23(19-10-12-20(25)13-11-19)29(24)15-21-9-6-14-31-21/h3-5,7-8,10-13,17,21H,6,9,14-16H2,1-2H3. The topological polar surface area (TPSA) is 60.2 Å². The first-order valence-electron chi connectivity index (χ1n) is 10.8. The number of hydrogen-bond donors (Lipinski definition) is 0. The number of hydrogen-bond acceptors (Lipinski definition) is 5. The molecule has 4 rings (SSSR count). The van der Waals surface area contributed by atoms with Crippen molar-refractivity contribution in [3.63, 3.8) is 0 Å². The van der Waals surface area contributed by atoms with E-state index in [0.717, 1.165) is 30.6 Å². The summed E-state index contributed by atoms with van der Waals surface area (Å²) in [6, 6.07) is 16.2. The molecule has 2 aromatic carbocycles. The fraction of sp³-hybridized carbons (Fsp3) is 0.375. The molecule has 3 aromatic rings. The Kier molecular flexibility index (Phi) is 7.22. The summed E-state index contributed by atoms with van der Waals surface area (Å²) < 4.78 is 21.2. The van der Waals surface area contributed by atoms with Crippen LogP contribution in [-0.2, 0) is 16.1 Å². The summed E-state index contributed by atoms with van der Waals surface area (Å²) in [5.41, 5.74) is 1.87. The van der Waals surface area contributed by atoms with Crippen LogP contribution >= 0.6 is 11.8 Å². The van der Waals surface area contributed by atoms with E-state index in [4.69, 9.17) is 4.74 Å². The summed E-state index contributed by atoms with van der Waals surface area (Å²) in [7, 11) is 1.82. The molecule has 1 fully saturated rings. The van der Waals surface area contributed by atoms with Crippen LogP contribution in [0.2, 0.25) is 0 Å². The molecule has 8 heteroatoms. The van der Waals surface area contributed by atoms with Crippen LogP contribution < -0.4 is 0 Å². The first-order chi connectivity index (χ1) is 15.5. The number of aromatic nitrogens is 3. The quantitative estimate of drug-likeness (QED) is 0.467. The number of carbonyl (C=O) groups is 1. The van der Waals surface area contributed by atoms with E-state index in [1.807, 2.05) is 48.9 Å². The minimum absolute atomic E-state index is 0.0151. The van der Waals surface area contributed by atoms with Gasteiger partial charge in [0.1, 0.15) is 5.82 Å². The molecule has 0 saturated carbocycles. The van der Waals surface area contributed by atoms with Gasteiger partial charge in [0.2, 0.25) is 5.91 Å². The van der Waals surface area contributed by atoms with Crippen LogP contribution in [0.5, 0.6) is 0 Å². The average molecular weight is 455 g/mol. The maximum Gasteiger partial charge on any atom is 0.233 e. The SMILES string of the molecule is CC(c1ccccc1)N(C)C(=O)CSc1nnc(-c2ccc(F)cc2)n1CC1CCCO1. The van der Waals surface area contributed by atoms with Gasteiger partial charge in [-0.1, -0.05) is 42.1 Å². The highest BCUT2D eigenvalue weighted by molar-refractivity contribution is 7.99. The molecule has 168 valence electrons. The van der Waals surface area contributed by atoms with Gasteiger partial charge < -0.3 is 9.64 Å². The molecule has 2 heterocycles. The van der Waals surface area contributed by atoms with Crippen LogP contribution in [0.25, 0.3) is 11.4 Å². The predicted molar refractivity (Wildman–Crippen MR) is 123 cm³/mol. The molecule has 2 unspecified atom stereocenters. The Bertz CT molecular complexity index is 1040. The molecule has 0 aliphatic carbocycles. The van der Waals surface area contributed by atoms with Crippen molar-refractivity contribution in [3.05, 3.63) is 66.0 Å². The highest BCUT2D eigenvalue weighted by Crippen LogP contribution is 2.28. The second-order valence-electron chi connectivity index (χ2n) is 7.94. The van der Waals surface area contributed by atoms with E-state index >= 15 is 0 Å². The van der Waals surface area contributed by atoms with Gasteiger partial charge in [-0.2, -0.15) is 0 Å². The van der Waals surface area contributed by atoms with Crippen LogP contribution in [0.4, 0.5) is 4.39 Å². The Balaban J connectivity index is 1.49. The van der Waals surface area contributed by atoms with Gasteiger partial charge in [-0.3, -0.25) is 9.36 Å². The third kappa shape index (κ3) is 5.19. The molecule has 0 spiro atoms. The number of nitrogens with zero attached hydrogens (tertiary/aromatic N) is 4. The molecule has 32 heavy (non-hydrogen) atoms. The van der Waals surface area contributed by atoms with Crippen molar-refractivity contribution in [3.8, 4) is 11.4 Å². The molecular formula is C24H27FN4O2S. The maximum atomic E-state index is 13.4. The molecule has 1 amide bonds. The fourth-order valence-corrected chi connectivity index (χ4v) is 4.64. The van der Waals surface area contributed by atoms with E-state index in [-0.39, 0.29) is 29.6 Å². The first-order valence-corrected chi connectivity index (χ1v) is 11.8. The molecule has 1 aliphatic rings. The molecule has 1 aliphatic heterocycles. The van der Waals surface area contributed by atoms with Crippen LogP contribution in [0, 0.1) is 5.82 Å². The lowest BCUT2D eigenvalue weighted by Crippen LogP contribution is -2.31. The molecule has 0 N–H and O–H groups in total. The molecular weight excluding hydrogens is 427 g/mol. The van der Waals surface area contributed by atoms with Crippen LogP contribution in [0.15, 0.2) is 59.8 Å². The molecule has 0 bridgehead atoms. The summed E-state index contributed by atoms with van der Waals surface area (Å²) in [5, 5.41) is 9.36. The lowest BCUT2D eigenvalue weighted by Gasteiger charge is -2.25. The lowest BCUT2D eigenvalue weighted by atomic mass is 10.1. The van der Waals surface area contributed by atoms with Gasteiger partial charge in [-0.15, -0.1) is 10.2 Å². The Morgan fingerprint density at radius 3 is 2.66 bits per heavy atom. The Labute approximate surface area is 191 Å². The summed E-state index contributed by atoms with van der Waals surface area (Å²) in [6.07, 6.45) is 2.09. The monoisotopic (exact) mass is 454 g/mol. The second-order valence-corrected chi connectivity index (χ2v) is 8.88. The molecule has 1 saturated heterocycles. The normalized spacial score (nSPS) is 16.8. The Hall–Kier alpha value is -2.71. The van der Waals surface area contributed by atoms with Gasteiger partial charge in [-0.05, 0) is 49.6 Å². The van der Waals surface area contributed by atoms with E-state index in [9.17, 15) is 9.18 Å². The maximum absolute atomic E-state index is 13.4. The number of amides is 1. The number of halogens is 1. The van der Waals surface area contributed by atoms with E-state index in [1.165, 1.54) is 23.9 Å². The minimum Gasteiger partial charge on any atom is -0.376 e.